The van der Waals surface area contributed by atoms with Crippen LogP contribution in [0.2, 0.25) is 0 Å². The van der Waals surface area contributed by atoms with Gasteiger partial charge in [0.25, 0.3) is 0 Å². The van der Waals surface area contributed by atoms with Crippen LogP contribution in [0.1, 0.15) is 17.3 Å². The summed E-state index contributed by atoms with van der Waals surface area (Å²) in [5.74, 6) is 1.87. The molecule has 0 aliphatic rings. The molecule has 0 amide bonds. The third-order valence-corrected chi connectivity index (χ3v) is 2.61. The Morgan fingerprint density at radius 1 is 1.38 bits per heavy atom. The van der Waals surface area contributed by atoms with Gasteiger partial charge in [0.15, 0.2) is 17.3 Å². The van der Waals surface area contributed by atoms with Crippen LogP contribution < -0.4 is 9.47 Å². The van der Waals surface area contributed by atoms with E-state index in [9.17, 15) is 4.79 Å². The van der Waals surface area contributed by atoms with Gasteiger partial charge in [-0.05, 0) is 31.4 Å². The zero-order chi connectivity index (χ0) is 12.0. The maximum Gasteiger partial charge on any atom is 0.172 e. The Hall–Kier alpha value is -1.16. The average molecular weight is 240 g/mol. The third-order valence-electron chi connectivity index (χ3n) is 2.06. The molecule has 0 N–H and O–H groups in total. The number of ether oxygens (including phenoxy) is 2. The van der Waals surface area contributed by atoms with Crippen LogP contribution in [0.3, 0.4) is 0 Å². The van der Waals surface area contributed by atoms with Gasteiger partial charge >= 0.3 is 0 Å². The molecule has 1 aromatic carbocycles. The van der Waals surface area contributed by atoms with Gasteiger partial charge in [0.1, 0.15) is 0 Å². The number of hydrogen-bond acceptors (Lipinski definition) is 4. The number of carbonyl (C=O) groups is 1. The van der Waals surface area contributed by atoms with Crippen LogP contribution in [0.4, 0.5) is 0 Å². The Morgan fingerprint density at radius 2 is 2.12 bits per heavy atom. The lowest BCUT2D eigenvalue weighted by atomic mass is 10.1. The lowest BCUT2D eigenvalue weighted by Crippen LogP contribution is -2.03. The Labute approximate surface area is 100 Å². The molecule has 16 heavy (non-hydrogen) atoms. The zero-order valence-corrected chi connectivity index (χ0v) is 10.6. The van der Waals surface area contributed by atoms with E-state index >= 15 is 0 Å². The van der Waals surface area contributed by atoms with Crippen LogP contribution in [0, 0.1) is 0 Å². The SMILES string of the molecule is CCOc1cc(C(=O)CSC)ccc1OC. The molecule has 1 aromatic rings. The van der Waals surface area contributed by atoms with Gasteiger partial charge in [0.2, 0.25) is 0 Å². The number of ketones is 1. The van der Waals surface area contributed by atoms with Crippen LogP contribution in [-0.2, 0) is 0 Å². The van der Waals surface area contributed by atoms with Gasteiger partial charge in [-0.15, -0.1) is 0 Å². The van der Waals surface area contributed by atoms with Crippen LogP contribution in [0.5, 0.6) is 11.5 Å². The molecule has 0 spiro atoms. The highest BCUT2D eigenvalue weighted by atomic mass is 32.2. The summed E-state index contributed by atoms with van der Waals surface area (Å²) in [7, 11) is 1.58. The summed E-state index contributed by atoms with van der Waals surface area (Å²) in [5.41, 5.74) is 0.665. The summed E-state index contributed by atoms with van der Waals surface area (Å²) in [6, 6.07) is 5.26. The molecule has 0 atom stereocenters. The zero-order valence-electron chi connectivity index (χ0n) is 9.78. The first-order valence-corrected chi connectivity index (χ1v) is 6.45. The molecule has 0 bridgehead atoms. The average Bonchev–Trinajstić information content (AvgIpc) is 2.29. The van der Waals surface area contributed by atoms with Crippen molar-refractivity contribution in [3.05, 3.63) is 23.8 Å². The fourth-order valence-electron chi connectivity index (χ4n) is 1.33. The van der Waals surface area contributed by atoms with E-state index in [0.717, 1.165) is 0 Å². The molecule has 0 saturated heterocycles. The summed E-state index contributed by atoms with van der Waals surface area (Å²) < 4.78 is 10.6. The van der Waals surface area contributed by atoms with Crippen LogP contribution in [0.25, 0.3) is 0 Å². The molecule has 0 aliphatic carbocycles. The first kappa shape index (κ1) is 12.9. The van der Waals surface area contributed by atoms with Crippen molar-refractivity contribution in [1.29, 1.82) is 0 Å². The predicted molar refractivity (Wildman–Crippen MR) is 66.9 cm³/mol. The van der Waals surface area contributed by atoms with Crippen molar-refractivity contribution in [2.75, 3.05) is 25.7 Å². The number of benzene rings is 1. The molecule has 0 radical (unpaired) electrons. The monoisotopic (exact) mass is 240 g/mol. The van der Waals surface area contributed by atoms with Gasteiger partial charge in [-0.25, -0.2) is 0 Å². The first-order valence-electron chi connectivity index (χ1n) is 5.05. The molecule has 1 rings (SSSR count). The maximum absolute atomic E-state index is 11.7. The van der Waals surface area contributed by atoms with Gasteiger partial charge < -0.3 is 9.47 Å². The van der Waals surface area contributed by atoms with Crippen molar-refractivity contribution in [2.45, 2.75) is 6.92 Å². The topological polar surface area (TPSA) is 35.5 Å². The lowest BCUT2D eigenvalue weighted by Gasteiger charge is -2.10. The Morgan fingerprint density at radius 3 is 2.69 bits per heavy atom. The van der Waals surface area contributed by atoms with Gasteiger partial charge in [-0.2, -0.15) is 11.8 Å². The second-order valence-electron chi connectivity index (χ2n) is 3.15. The smallest absolute Gasteiger partial charge is 0.172 e. The van der Waals surface area contributed by atoms with Crippen molar-refractivity contribution in [3.63, 3.8) is 0 Å². The minimum absolute atomic E-state index is 0.108. The van der Waals surface area contributed by atoms with Gasteiger partial charge in [-0.1, -0.05) is 0 Å². The standard InChI is InChI=1S/C12H16O3S/c1-4-15-12-7-9(10(13)8-16-3)5-6-11(12)14-2/h5-7H,4,8H2,1-3H3. The molecule has 88 valence electrons. The molecular formula is C12H16O3S. The van der Waals surface area contributed by atoms with Gasteiger partial charge in [0, 0.05) is 5.56 Å². The van der Waals surface area contributed by atoms with E-state index in [1.54, 1.807) is 25.3 Å². The summed E-state index contributed by atoms with van der Waals surface area (Å²) in [5, 5.41) is 0. The lowest BCUT2D eigenvalue weighted by molar-refractivity contribution is 0.102. The van der Waals surface area contributed by atoms with E-state index in [0.29, 0.717) is 29.4 Å². The predicted octanol–water partition coefficient (Wildman–Crippen LogP) is 2.64. The first-order chi connectivity index (χ1) is 7.72. The van der Waals surface area contributed by atoms with Crippen molar-refractivity contribution in [2.24, 2.45) is 0 Å². The van der Waals surface area contributed by atoms with Crippen molar-refractivity contribution in [3.8, 4) is 11.5 Å². The highest BCUT2D eigenvalue weighted by Gasteiger charge is 2.10. The van der Waals surface area contributed by atoms with Crippen LogP contribution in [-0.4, -0.2) is 31.5 Å². The largest absolute Gasteiger partial charge is 0.493 e. The number of methoxy groups -OCH3 is 1. The summed E-state index contributed by atoms with van der Waals surface area (Å²) in [4.78, 5) is 11.7. The van der Waals surface area contributed by atoms with Crippen LogP contribution >= 0.6 is 11.8 Å². The molecule has 0 aromatic heterocycles. The third kappa shape index (κ3) is 3.17. The number of thioether (sulfide) groups is 1. The second-order valence-corrected chi connectivity index (χ2v) is 4.02. The highest BCUT2D eigenvalue weighted by molar-refractivity contribution is 7.99. The molecule has 3 nitrogen and oxygen atoms in total. The molecule has 0 fully saturated rings. The Kier molecular flexibility index (Phi) is 5.19. The van der Waals surface area contributed by atoms with E-state index in [1.165, 1.54) is 11.8 Å². The minimum Gasteiger partial charge on any atom is -0.493 e. The highest BCUT2D eigenvalue weighted by Crippen LogP contribution is 2.28. The number of rotatable bonds is 6. The van der Waals surface area contributed by atoms with E-state index in [4.69, 9.17) is 9.47 Å². The van der Waals surface area contributed by atoms with Crippen molar-refractivity contribution in [1.82, 2.24) is 0 Å². The van der Waals surface area contributed by atoms with E-state index in [-0.39, 0.29) is 5.78 Å². The van der Waals surface area contributed by atoms with Crippen molar-refractivity contribution >= 4 is 17.5 Å². The fourth-order valence-corrected chi connectivity index (χ4v) is 1.76. The molecule has 0 heterocycles. The summed E-state index contributed by atoms with van der Waals surface area (Å²) >= 11 is 1.51. The Bertz CT molecular complexity index is 363. The minimum atomic E-state index is 0.108. The number of hydrogen-bond donors (Lipinski definition) is 0. The van der Waals surface area contributed by atoms with E-state index < -0.39 is 0 Å². The normalized spacial score (nSPS) is 9.94. The van der Waals surface area contributed by atoms with E-state index in [2.05, 4.69) is 0 Å². The molecule has 4 heteroatoms. The fraction of sp³-hybridized carbons (Fsp3) is 0.417. The summed E-state index contributed by atoms with van der Waals surface area (Å²) in [6.45, 7) is 2.45. The van der Waals surface area contributed by atoms with Crippen LogP contribution in [0.15, 0.2) is 18.2 Å². The number of carbonyl (C=O) groups excluding carboxylic acids is 1. The Balaban J connectivity index is 2.96. The van der Waals surface area contributed by atoms with E-state index in [1.807, 2.05) is 13.2 Å². The number of Topliss-reactive ketones (excluding diaryl/α,β-unsaturated/α-hetero) is 1. The maximum atomic E-state index is 11.7. The quantitative estimate of drug-likeness (QED) is 0.716. The molecule has 0 aliphatic heterocycles. The molecule has 0 saturated carbocycles. The summed E-state index contributed by atoms with van der Waals surface area (Å²) in [6.07, 6.45) is 1.91. The van der Waals surface area contributed by atoms with Crippen molar-refractivity contribution < 1.29 is 14.3 Å². The van der Waals surface area contributed by atoms with Gasteiger partial charge in [-0.3, -0.25) is 4.79 Å². The second kappa shape index (κ2) is 6.43. The molecule has 0 unspecified atom stereocenters. The molecular weight excluding hydrogens is 224 g/mol. The van der Waals surface area contributed by atoms with Gasteiger partial charge in [0.05, 0.1) is 19.5 Å².